The van der Waals surface area contributed by atoms with Gasteiger partial charge in [-0.25, -0.2) is 5.01 Å². The van der Waals surface area contributed by atoms with E-state index in [4.69, 9.17) is 9.47 Å². The molecule has 2 heterocycles. The Labute approximate surface area is 171 Å². The second-order valence-corrected chi connectivity index (χ2v) is 7.42. The smallest absolute Gasteiger partial charge is 0.256 e. The normalized spacial score (nSPS) is 19.3. The lowest BCUT2D eigenvalue weighted by atomic mass is 10.0. The van der Waals surface area contributed by atoms with Gasteiger partial charge in [0.05, 0.1) is 33.0 Å². The van der Waals surface area contributed by atoms with Gasteiger partial charge in [-0.3, -0.25) is 9.69 Å². The number of hydrogen-bond donors (Lipinski definition) is 0. The minimum atomic E-state index is 0.0512. The molecule has 1 unspecified atom stereocenters. The SMILES string of the molecule is COc1ccc(C2CCCN2CC(=O)N2CCC(c3ccccc3)=N2)c(OC)c1. The van der Waals surface area contributed by atoms with Crippen molar-refractivity contribution in [1.82, 2.24) is 9.91 Å². The van der Waals surface area contributed by atoms with Gasteiger partial charge in [-0.1, -0.05) is 36.4 Å². The number of likely N-dealkylation sites (tertiary alicyclic amines) is 1. The number of nitrogens with zero attached hydrogens (tertiary/aromatic N) is 3. The third kappa shape index (κ3) is 4.12. The van der Waals surface area contributed by atoms with Gasteiger partial charge < -0.3 is 9.47 Å². The minimum absolute atomic E-state index is 0.0512. The zero-order valence-corrected chi connectivity index (χ0v) is 17.0. The minimum Gasteiger partial charge on any atom is -0.497 e. The molecule has 0 radical (unpaired) electrons. The van der Waals surface area contributed by atoms with E-state index in [2.05, 4.69) is 10.0 Å². The van der Waals surface area contributed by atoms with Crippen LogP contribution in [-0.4, -0.2) is 55.4 Å². The van der Waals surface area contributed by atoms with Crippen LogP contribution in [0, 0.1) is 0 Å². The van der Waals surface area contributed by atoms with E-state index in [-0.39, 0.29) is 11.9 Å². The summed E-state index contributed by atoms with van der Waals surface area (Å²) in [5.74, 6) is 1.63. The fourth-order valence-electron chi connectivity index (χ4n) is 4.19. The average Bonchev–Trinajstić information content (AvgIpc) is 3.44. The molecule has 2 aliphatic heterocycles. The highest BCUT2D eigenvalue weighted by Gasteiger charge is 2.32. The van der Waals surface area contributed by atoms with E-state index in [0.717, 1.165) is 54.1 Å². The highest BCUT2D eigenvalue weighted by Crippen LogP contribution is 2.38. The van der Waals surface area contributed by atoms with Crippen molar-refractivity contribution in [3.8, 4) is 11.5 Å². The van der Waals surface area contributed by atoms with Crippen LogP contribution >= 0.6 is 0 Å². The number of amides is 1. The molecule has 0 spiro atoms. The molecule has 0 aliphatic carbocycles. The third-order valence-electron chi connectivity index (χ3n) is 5.70. The summed E-state index contributed by atoms with van der Waals surface area (Å²) in [6.45, 7) is 1.91. The summed E-state index contributed by atoms with van der Waals surface area (Å²) in [5, 5.41) is 6.21. The molecule has 0 aromatic heterocycles. The van der Waals surface area contributed by atoms with E-state index >= 15 is 0 Å². The first-order valence-electron chi connectivity index (χ1n) is 10.1. The number of rotatable bonds is 6. The van der Waals surface area contributed by atoms with Crippen molar-refractivity contribution < 1.29 is 14.3 Å². The van der Waals surface area contributed by atoms with Crippen molar-refractivity contribution in [2.24, 2.45) is 5.10 Å². The van der Waals surface area contributed by atoms with Crippen LogP contribution in [0.2, 0.25) is 0 Å². The molecule has 0 saturated carbocycles. The van der Waals surface area contributed by atoms with Crippen molar-refractivity contribution in [3.63, 3.8) is 0 Å². The van der Waals surface area contributed by atoms with Gasteiger partial charge in [0.1, 0.15) is 11.5 Å². The summed E-state index contributed by atoms with van der Waals surface area (Å²) in [6, 6.07) is 16.1. The van der Waals surface area contributed by atoms with Gasteiger partial charge in [0.25, 0.3) is 5.91 Å². The van der Waals surface area contributed by atoms with Crippen LogP contribution in [0.15, 0.2) is 53.6 Å². The predicted octanol–water partition coefficient (Wildman–Crippen LogP) is 3.48. The number of hydrogen-bond acceptors (Lipinski definition) is 5. The first-order chi connectivity index (χ1) is 14.2. The first-order valence-corrected chi connectivity index (χ1v) is 10.1. The number of carbonyl (C=O) groups excluding carboxylic acids is 1. The van der Waals surface area contributed by atoms with Crippen molar-refractivity contribution >= 4 is 11.6 Å². The Kier molecular flexibility index (Phi) is 5.81. The number of hydrazone groups is 1. The van der Waals surface area contributed by atoms with Crippen molar-refractivity contribution in [1.29, 1.82) is 0 Å². The van der Waals surface area contributed by atoms with Crippen LogP contribution in [0.5, 0.6) is 11.5 Å². The van der Waals surface area contributed by atoms with E-state index in [1.165, 1.54) is 0 Å². The van der Waals surface area contributed by atoms with Gasteiger partial charge in [0.15, 0.2) is 0 Å². The maximum Gasteiger partial charge on any atom is 0.256 e. The lowest BCUT2D eigenvalue weighted by Crippen LogP contribution is -2.36. The van der Waals surface area contributed by atoms with Crippen LogP contribution in [0.1, 0.15) is 36.4 Å². The predicted molar refractivity (Wildman–Crippen MR) is 112 cm³/mol. The topological polar surface area (TPSA) is 54.4 Å². The molecule has 152 valence electrons. The van der Waals surface area contributed by atoms with E-state index in [0.29, 0.717) is 13.1 Å². The zero-order chi connectivity index (χ0) is 20.2. The molecule has 2 aromatic carbocycles. The lowest BCUT2D eigenvalue weighted by molar-refractivity contribution is -0.132. The Bertz CT molecular complexity index is 897. The summed E-state index contributed by atoms with van der Waals surface area (Å²) in [5.41, 5.74) is 3.17. The van der Waals surface area contributed by atoms with Crippen molar-refractivity contribution in [3.05, 3.63) is 59.7 Å². The van der Waals surface area contributed by atoms with Crippen LogP contribution < -0.4 is 9.47 Å². The number of benzene rings is 2. The van der Waals surface area contributed by atoms with Crippen LogP contribution in [0.4, 0.5) is 0 Å². The van der Waals surface area contributed by atoms with Gasteiger partial charge in [-0.2, -0.15) is 5.10 Å². The Hall–Kier alpha value is -2.86. The number of ether oxygens (including phenoxy) is 2. The molecule has 1 amide bonds. The Balaban J connectivity index is 1.47. The van der Waals surface area contributed by atoms with Crippen molar-refractivity contribution in [2.75, 3.05) is 33.9 Å². The molecule has 0 bridgehead atoms. The summed E-state index contributed by atoms with van der Waals surface area (Å²) >= 11 is 0. The third-order valence-corrected chi connectivity index (χ3v) is 5.70. The molecule has 6 heteroatoms. The number of carbonyl (C=O) groups is 1. The molecule has 1 atom stereocenters. The molecule has 2 aliphatic rings. The van der Waals surface area contributed by atoms with E-state index in [9.17, 15) is 4.79 Å². The molecule has 0 N–H and O–H groups in total. The van der Waals surface area contributed by atoms with Gasteiger partial charge in [0.2, 0.25) is 0 Å². The monoisotopic (exact) mass is 393 g/mol. The van der Waals surface area contributed by atoms with Gasteiger partial charge in [-0.05, 0) is 31.0 Å². The molecular weight excluding hydrogens is 366 g/mol. The zero-order valence-electron chi connectivity index (χ0n) is 17.0. The summed E-state index contributed by atoms with van der Waals surface area (Å²) in [6.07, 6.45) is 2.87. The summed E-state index contributed by atoms with van der Waals surface area (Å²) in [4.78, 5) is 15.2. The highest BCUT2D eigenvalue weighted by molar-refractivity contribution is 6.02. The molecular formula is C23H27N3O3. The molecule has 1 fully saturated rings. The maximum absolute atomic E-state index is 12.9. The standard InChI is InChI=1S/C23H27N3O3/c1-28-18-10-11-19(22(15-18)29-2)21-9-6-13-25(21)16-23(27)26-14-12-20(24-26)17-7-4-3-5-8-17/h3-5,7-8,10-11,15,21H,6,9,12-14,16H2,1-2H3. The number of methoxy groups -OCH3 is 2. The largest absolute Gasteiger partial charge is 0.497 e. The van der Waals surface area contributed by atoms with E-state index in [1.807, 2.05) is 48.5 Å². The second kappa shape index (κ2) is 8.66. The second-order valence-electron chi connectivity index (χ2n) is 7.42. The van der Waals surface area contributed by atoms with Crippen LogP contribution in [-0.2, 0) is 4.79 Å². The fourth-order valence-corrected chi connectivity index (χ4v) is 4.19. The van der Waals surface area contributed by atoms with E-state index in [1.54, 1.807) is 19.2 Å². The molecule has 1 saturated heterocycles. The first kappa shape index (κ1) is 19.5. The summed E-state index contributed by atoms with van der Waals surface area (Å²) < 4.78 is 10.9. The maximum atomic E-state index is 12.9. The van der Waals surface area contributed by atoms with Crippen molar-refractivity contribution in [2.45, 2.75) is 25.3 Å². The van der Waals surface area contributed by atoms with Gasteiger partial charge >= 0.3 is 0 Å². The highest BCUT2D eigenvalue weighted by atomic mass is 16.5. The van der Waals surface area contributed by atoms with Gasteiger partial charge in [0, 0.05) is 24.1 Å². The quantitative estimate of drug-likeness (QED) is 0.754. The Morgan fingerprint density at radius 3 is 2.69 bits per heavy atom. The molecule has 29 heavy (non-hydrogen) atoms. The van der Waals surface area contributed by atoms with Gasteiger partial charge in [-0.15, -0.1) is 0 Å². The Morgan fingerprint density at radius 2 is 1.93 bits per heavy atom. The van der Waals surface area contributed by atoms with Crippen LogP contribution in [0.3, 0.4) is 0 Å². The Morgan fingerprint density at radius 1 is 1.10 bits per heavy atom. The summed E-state index contributed by atoms with van der Waals surface area (Å²) in [7, 11) is 3.32. The molecule has 4 rings (SSSR count). The fraction of sp³-hybridized carbons (Fsp3) is 0.391. The molecule has 6 nitrogen and oxygen atoms in total. The molecule has 2 aromatic rings. The van der Waals surface area contributed by atoms with Crippen LogP contribution in [0.25, 0.3) is 0 Å². The lowest BCUT2D eigenvalue weighted by Gasteiger charge is -2.26. The average molecular weight is 393 g/mol. The van der Waals surface area contributed by atoms with E-state index < -0.39 is 0 Å².